The van der Waals surface area contributed by atoms with Crippen LogP contribution >= 0.6 is 0 Å². The topological polar surface area (TPSA) is 0 Å². The first-order valence-electron chi connectivity index (χ1n) is 20.7. The first kappa shape index (κ1) is 33.8. The van der Waals surface area contributed by atoms with Crippen molar-refractivity contribution in [1.82, 2.24) is 0 Å². The van der Waals surface area contributed by atoms with Gasteiger partial charge >= 0.3 is 0 Å². The molecule has 11 aromatic rings. The van der Waals surface area contributed by atoms with Crippen LogP contribution in [0, 0.1) is 0 Å². The third kappa shape index (κ3) is 5.23. The van der Waals surface area contributed by atoms with Crippen molar-refractivity contribution in [3.05, 3.63) is 217 Å². The molecule has 0 amide bonds. The van der Waals surface area contributed by atoms with E-state index in [1.165, 1.54) is 121 Å². The lowest BCUT2D eigenvalue weighted by molar-refractivity contribution is 0.661. The summed E-state index contributed by atoms with van der Waals surface area (Å²) < 4.78 is 0. The molecule has 0 heteroatoms. The van der Waals surface area contributed by atoms with Crippen LogP contribution in [0.5, 0.6) is 0 Å². The number of hydrogen-bond donors (Lipinski definition) is 0. The Hall–Kier alpha value is -7.28. The van der Waals surface area contributed by atoms with Crippen LogP contribution in [-0.2, 0) is 5.41 Å². The maximum absolute atomic E-state index is 2.47. The van der Waals surface area contributed by atoms with Gasteiger partial charge in [0.05, 0.1) is 0 Å². The quantitative estimate of drug-likeness (QED) is 0.157. The lowest BCUT2D eigenvalue weighted by atomic mass is 9.80. The van der Waals surface area contributed by atoms with Gasteiger partial charge < -0.3 is 0 Å². The van der Waals surface area contributed by atoms with Crippen molar-refractivity contribution in [1.29, 1.82) is 0 Å². The second-order valence-corrected chi connectivity index (χ2v) is 16.9. The standard InChI is InChI=1S/C59H40/c1-59(2)56-34-41(40-25-24-38-16-6-7-17-39(38)30-40)26-28-50(56)51-29-27-42(35-57(51)59)44-31-43(37-14-4-3-5-15-37)32-45(33-44)54-36-55-48-20-9-8-18-46(48)47-19-10-12-22-52(47)58(55)53-23-13-11-21-49(53)54/h3-36H,1-2H3. The first-order valence-corrected chi connectivity index (χ1v) is 20.7. The zero-order valence-electron chi connectivity index (χ0n) is 33.1. The number of hydrogen-bond acceptors (Lipinski definition) is 0. The van der Waals surface area contributed by atoms with Crippen molar-refractivity contribution in [3.63, 3.8) is 0 Å². The lowest BCUT2D eigenvalue weighted by Crippen LogP contribution is -2.15. The summed E-state index contributed by atoms with van der Waals surface area (Å²) in [5.41, 5.74) is 15.2. The molecular weight excluding hydrogens is 709 g/mol. The Morgan fingerprint density at radius 2 is 0.712 bits per heavy atom. The molecule has 0 nitrogen and oxygen atoms in total. The summed E-state index contributed by atoms with van der Waals surface area (Å²) in [6, 6.07) is 77.1. The molecule has 0 heterocycles. The SMILES string of the molecule is CC1(C)c2cc(-c3cc(-c4ccccc4)cc(-c4cc5c6ccccc6c6ccccc6c5c5ccccc45)c3)ccc2-c2ccc(-c3ccc4ccccc4c3)cc21. The van der Waals surface area contributed by atoms with Crippen molar-refractivity contribution < 1.29 is 0 Å². The molecule has 0 radical (unpaired) electrons. The van der Waals surface area contributed by atoms with Gasteiger partial charge in [-0.05, 0) is 163 Å². The summed E-state index contributed by atoms with van der Waals surface area (Å²) in [5, 5.41) is 12.9. The second kappa shape index (κ2) is 12.9. The highest BCUT2D eigenvalue weighted by Crippen LogP contribution is 2.51. The van der Waals surface area contributed by atoms with Gasteiger partial charge in [0.15, 0.2) is 0 Å². The predicted octanol–water partition coefficient (Wildman–Crippen LogP) is 16.4. The highest BCUT2D eigenvalue weighted by Gasteiger charge is 2.36. The summed E-state index contributed by atoms with van der Waals surface area (Å²) in [5.74, 6) is 0. The van der Waals surface area contributed by atoms with Crippen molar-refractivity contribution in [2.45, 2.75) is 19.3 Å². The lowest BCUT2D eigenvalue weighted by Gasteiger charge is -2.23. The molecule has 0 spiro atoms. The van der Waals surface area contributed by atoms with E-state index < -0.39 is 0 Å². The Morgan fingerprint density at radius 1 is 0.254 bits per heavy atom. The maximum atomic E-state index is 2.47. The minimum Gasteiger partial charge on any atom is -0.0622 e. The molecule has 12 rings (SSSR count). The molecule has 0 bridgehead atoms. The number of rotatable bonds is 4. The van der Waals surface area contributed by atoms with Gasteiger partial charge in [0, 0.05) is 5.41 Å². The van der Waals surface area contributed by atoms with Crippen LogP contribution in [0.2, 0.25) is 0 Å². The largest absolute Gasteiger partial charge is 0.0622 e. The zero-order valence-corrected chi connectivity index (χ0v) is 33.1. The van der Waals surface area contributed by atoms with Crippen LogP contribution in [0.25, 0.3) is 109 Å². The Bertz CT molecular complexity index is 3510. The van der Waals surface area contributed by atoms with Gasteiger partial charge in [0.25, 0.3) is 0 Å². The molecule has 11 aromatic carbocycles. The van der Waals surface area contributed by atoms with Gasteiger partial charge in [-0.25, -0.2) is 0 Å². The van der Waals surface area contributed by atoms with E-state index in [1.54, 1.807) is 0 Å². The van der Waals surface area contributed by atoms with Gasteiger partial charge in [-0.15, -0.1) is 0 Å². The Kier molecular flexibility index (Phi) is 7.38. The minimum absolute atomic E-state index is 0.161. The Morgan fingerprint density at radius 3 is 1.39 bits per heavy atom. The molecule has 1 aliphatic carbocycles. The maximum Gasteiger partial charge on any atom is 0.0159 e. The molecule has 276 valence electrons. The smallest absolute Gasteiger partial charge is 0.0159 e. The Balaban J connectivity index is 1.04. The molecule has 0 atom stereocenters. The van der Waals surface area contributed by atoms with Crippen LogP contribution < -0.4 is 0 Å². The van der Waals surface area contributed by atoms with Crippen LogP contribution in [0.1, 0.15) is 25.0 Å². The summed E-state index contributed by atoms with van der Waals surface area (Å²) in [7, 11) is 0. The van der Waals surface area contributed by atoms with E-state index in [0.29, 0.717) is 0 Å². The third-order valence-electron chi connectivity index (χ3n) is 13.2. The van der Waals surface area contributed by atoms with E-state index in [4.69, 9.17) is 0 Å². The van der Waals surface area contributed by atoms with Gasteiger partial charge in [0.1, 0.15) is 0 Å². The van der Waals surface area contributed by atoms with Crippen molar-refractivity contribution in [3.8, 4) is 55.6 Å². The molecule has 59 heavy (non-hydrogen) atoms. The van der Waals surface area contributed by atoms with Gasteiger partial charge in [-0.3, -0.25) is 0 Å². The first-order chi connectivity index (χ1) is 29.0. The average Bonchev–Trinajstić information content (AvgIpc) is 3.53. The van der Waals surface area contributed by atoms with Crippen molar-refractivity contribution in [2.24, 2.45) is 0 Å². The normalized spacial score (nSPS) is 13.1. The minimum atomic E-state index is -0.161. The van der Waals surface area contributed by atoms with Crippen molar-refractivity contribution >= 4 is 53.9 Å². The highest BCUT2D eigenvalue weighted by molar-refractivity contribution is 6.33. The van der Waals surface area contributed by atoms with Crippen LogP contribution in [0.4, 0.5) is 0 Å². The fourth-order valence-electron chi connectivity index (χ4n) is 10.2. The van der Waals surface area contributed by atoms with E-state index in [9.17, 15) is 0 Å². The monoisotopic (exact) mass is 748 g/mol. The van der Waals surface area contributed by atoms with Gasteiger partial charge in [0.2, 0.25) is 0 Å². The van der Waals surface area contributed by atoms with Crippen LogP contribution in [0.3, 0.4) is 0 Å². The van der Waals surface area contributed by atoms with E-state index in [0.717, 1.165) is 0 Å². The molecule has 0 saturated heterocycles. The summed E-state index contributed by atoms with van der Waals surface area (Å²) in [6.07, 6.45) is 0. The molecule has 0 aromatic heterocycles. The molecular formula is C59H40. The van der Waals surface area contributed by atoms with Crippen molar-refractivity contribution in [2.75, 3.05) is 0 Å². The third-order valence-corrected chi connectivity index (χ3v) is 13.2. The van der Waals surface area contributed by atoms with Crippen LogP contribution in [0.15, 0.2) is 206 Å². The summed E-state index contributed by atoms with van der Waals surface area (Å²) in [6.45, 7) is 4.79. The van der Waals surface area contributed by atoms with Gasteiger partial charge in [-0.2, -0.15) is 0 Å². The summed E-state index contributed by atoms with van der Waals surface area (Å²) in [4.78, 5) is 0. The predicted molar refractivity (Wildman–Crippen MR) is 253 cm³/mol. The highest BCUT2D eigenvalue weighted by atomic mass is 14.4. The summed E-state index contributed by atoms with van der Waals surface area (Å²) >= 11 is 0. The molecule has 0 N–H and O–H groups in total. The zero-order chi connectivity index (χ0) is 39.2. The van der Waals surface area contributed by atoms with E-state index in [-0.39, 0.29) is 5.41 Å². The fraction of sp³-hybridized carbons (Fsp3) is 0.0508. The number of fused-ring (bicyclic) bond motifs is 12. The molecule has 0 fully saturated rings. The number of benzene rings is 11. The fourth-order valence-corrected chi connectivity index (χ4v) is 10.2. The molecule has 1 aliphatic rings. The Labute approximate surface area is 344 Å². The molecule has 0 unspecified atom stereocenters. The average molecular weight is 749 g/mol. The molecule has 0 saturated carbocycles. The second-order valence-electron chi connectivity index (χ2n) is 16.9. The van der Waals surface area contributed by atoms with Crippen LogP contribution in [-0.4, -0.2) is 0 Å². The van der Waals surface area contributed by atoms with E-state index in [1.807, 2.05) is 0 Å². The van der Waals surface area contributed by atoms with E-state index in [2.05, 4.69) is 220 Å². The van der Waals surface area contributed by atoms with E-state index >= 15 is 0 Å². The molecule has 0 aliphatic heterocycles. The van der Waals surface area contributed by atoms with Gasteiger partial charge in [-0.1, -0.05) is 178 Å².